The number of aromatic nitrogens is 2. The van der Waals surface area contributed by atoms with Crippen LogP contribution in [0.15, 0.2) is 82.5 Å². The molecule has 4 rings (SSSR count). The van der Waals surface area contributed by atoms with Gasteiger partial charge in [-0.2, -0.15) is 0 Å². The van der Waals surface area contributed by atoms with E-state index >= 15 is 4.39 Å². The summed E-state index contributed by atoms with van der Waals surface area (Å²) >= 11 is 6.18. The number of carbonyl (C=O) groups is 2. The Morgan fingerprint density at radius 3 is 2.17 bits per heavy atom. The fourth-order valence-corrected chi connectivity index (χ4v) is 3.98. The molecule has 4 atom stereocenters. The minimum atomic E-state index is -2.10. The number of halogens is 2. The van der Waals surface area contributed by atoms with Gasteiger partial charge in [0.05, 0.1) is 17.0 Å². The fourth-order valence-electron chi connectivity index (χ4n) is 3.69. The molecule has 9 nitrogen and oxygen atoms in total. The first-order valence-electron chi connectivity index (χ1n) is 10.5. The number of H-pyrrole nitrogens is 1. The minimum Gasteiger partial charge on any atom is -0.459 e. The monoisotopic (exact) mass is 502 g/mol. The van der Waals surface area contributed by atoms with Gasteiger partial charge in [-0.3, -0.25) is 14.3 Å². The van der Waals surface area contributed by atoms with Gasteiger partial charge in [-0.05, 0) is 24.3 Å². The Morgan fingerprint density at radius 1 is 1.00 bits per heavy atom. The van der Waals surface area contributed by atoms with Crippen molar-refractivity contribution in [1.82, 2.24) is 9.55 Å². The van der Waals surface area contributed by atoms with Crippen LogP contribution >= 0.6 is 11.6 Å². The van der Waals surface area contributed by atoms with Crippen LogP contribution in [0.1, 0.15) is 26.9 Å². The molecule has 0 amide bonds. The molecule has 0 aliphatic carbocycles. The predicted octanol–water partition coefficient (Wildman–Crippen LogP) is 2.46. The summed E-state index contributed by atoms with van der Waals surface area (Å²) in [6.07, 6.45) is -4.32. The molecule has 1 aliphatic rings. The van der Waals surface area contributed by atoms with Gasteiger partial charge in [-0.15, -0.1) is 11.6 Å². The summed E-state index contributed by atoms with van der Waals surface area (Å²) in [6.45, 7) is -0.577. The van der Waals surface area contributed by atoms with Crippen LogP contribution in [0, 0.1) is 0 Å². The van der Waals surface area contributed by atoms with Crippen LogP contribution in [0.25, 0.3) is 0 Å². The number of esters is 2. The number of nitrogens with zero attached hydrogens (tertiary/aromatic N) is 1. The SMILES string of the molecule is O=C(OC[C@@]1(CCl)O[C@@H](n2ccc(=O)[nH]c2=O)[C@H](F)[C@@H]1OC(=O)c1ccccc1)c1ccccc1. The van der Waals surface area contributed by atoms with Crippen LogP contribution in [0.2, 0.25) is 0 Å². The number of carbonyl (C=O) groups excluding carboxylic acids is 2. The van der Waals surface area contributed by atoms with Crippen LogP contribution < -0.4 is 11.2 Å². The lowest BCUT2D eigenvalue weighted by molar-refractivity contribution is -0.120. The Bertz CT molecular complexity index is 1310. The highest BCUT2D eigenvalue weighted by Crippen LogP contribution is 2.42. The van der Waals surface area contributed by atoms with Crippen LogP contribution in [0.4, 0.5) is 4.39 Å². The van der Waals surface area contributed by atoms with E-state index in [1.807, 2.05) is 4.98 Å². The molecule has 0 unspecified atom stereocenters. The molecule has 0 spiro atoms. The summed E-state index contributed by atoms with van der Waals surface area (Å²) in [5.41, 5.74) is -3.08. The molecule has 0 saturated carbocycles. The second kappa shape index (κ2) is 10.2. The predicted molar refractivity (Wildman–Crippen MR) is 122 cm³/mol. The van der Waals surface area contributed by atoms with Gasteiger partial charge in [0, 0.05) is 12.3 Å². The van der Waals surface area contributed by atoms with Crippen LogP contribution in [-0.2, 0) is 14.2 Å². The molecular weight excluding hydrogens is 483 g/mol. The summed E-state index contributed by atoms with van der Waals surface area (Å²) in [4.78, 5) is 51.0. The van der Waals surface area contributed by atoms with Crippen molar-refractivity contribution in [3.8, 4) is 0 Å². The van der Waals surface area contributed by atoms with E-state index in [-0.39, 0.29) is 11.1 Å². The third kappa shape index (κ3) is 5.03. The molecule has 182 valence electrons. The number of benzene rings is 2. The maximum Gasteiger partial charge on any atom is 0.338 e. The highest BCUT2D eigenvalue weighted by Gasteiger charge is 2.59. The van der Waals surface area contributed by atoms with E-state index in [0.717, 1.165) is 16.8 Å². The van der Waals surface area contributed by atoms with Gasteiger partial charge in [0.25, 0.3) is 5.56 Å². The van der Waals surface area contributed by atoms with Gasteiger partial charge in [0.2, 0.25) is 0 Å². The maximum atomic E-state index is 15.8. The van der Waals surface area contributed by atoms with Crippen molar-refractivity contribution < 1.29 is 28.2 Å². The summed E-state index contributed by atoms with van der Waals surface area (Å²) in [5.74, 6) is -2.04. The van der Waals surface area contributed by atoms with Crippen molar-refractivity contribution in [2.24, 2.45) is 0 Å². The standard InChI is InChI=1S/C24H20ClFN2O7/c25-13-24(14-33-21(30)15-7-3-1-4-8-15)19(34-22(31)16-9-5-2-6-10-16)18(26)20(35-24)28-12-11-17(29)27-23(28)32/h1-12,18-20H,13-14H2,(H,27,29,32)/t18-,19+,20-,24-/m1/s1. The molecule has 3 aromatic rings. The number of ether oxygens (including phenoxy) is 3. The van der Waals surface area contributed by atoms with Crippen molar-refractivity contribution >= 4 is 23.5 Å². The average Bonchev–Trinajstić information content (AvgIpc) is 3.15. The van der Waals surface area contributed by atoms with Gasteiger partial charge < -0.3 is 14.2 Å². The number of hydrogen-bond donors (Lipinski definition) is 1. The third-order valence-corrected chi connectivity index (χ3v) is 5.94. The van der Waals surface area contributed by atoms with E-state index in [4.69, 9.17) is 25.8 Å². The molecule has 1 fully saturated rings. The van der Waals surface area contributed by atoms with E-state index in [9.17, 15) is 19.2 Å². The van der Waals surface area contributed by atoms with Gasteiger partial charge in [-0.1, -0.05) is 36.4 Å². The summed E-state index contributed by atoms with van der Waals surface area (Å²) in [7, 11) is 0. The van der Waals surface area contributed by atoms with Crippen molar-refractivity contribution in [1.29, 1.82) is 0 Å². The van der Waals surface area contributed by atoms with Crippen LogP contribution in [0.5, 0.6) is 0 Å². The maximum absolute atomic E-state index is 15.8. The van der Waals surface area contributed by atoms with Gasteiger partial charge >= 0.3 is 17.6 Å². The lowest BCUT2D eigenvalue weighted by Crippen LogP contribution is -2.50. The normalized spacial score (nSPS) is 23.5. The average molecular weight is 503 g/mol. The summed E-state index contributed by atoms with van der Waals surface area (Å²) in [5, 5.41) is 0. The molecule has 11 heteroatoms. The quantitative estimate of drug-likeness (QED) is 0.389. The zero-order valence-corrected chi connectivity index (χ0v) is 18.9. The Balaban J connectivity index is 1.66. The highest BCUT2D eigenvalue weighted by atomic mass is 35.5. The lowest BCUT2D eigenvalue weighted by Gasteiger charge is -2.31. The van der Waals surface area contributed by atoms with Gasteiger partial charge in [0.1, 0.15) is 6.61 Å². The van der Waals surface area contributed by atoms with Crippen LogP contribution in [0.3, 0.4) is 0 Å². The first kappa shape index (κ1) is 24.4. The molecule has 1 N–H and O–H groups in total. The van der Waals surface area contributed by atoms with E-state index in [0.29, 0.717) is 0 Å². The number of rotatable bonds is 7. The number of nitrogens with one attached hydrogen (secondary N) is 1. The second-order valence-electron chi connectivity index (χ2n) is 7.80. The smallest absolute Gasteiger partial charge is 0.338 e. The third-order valence-electron chi connectivity index (χ3n) is 5.49. The van der Waals surface area contributed by atoms with Crippen molar-refractivity contribution in [2.45, 2.75) is 24.1 Å². The molecule has 0 bridgehead atoms. The molecule has 1 saturated heterocycles. The largest absolute Gasteiger partial charge is 0.459 e. The van der Waals surface area contributed by atoms with E-state index in [2.05, 4.69) is 0 Å². The Labute approximate surface area is 203 Å². The van der Waals surface area contributed by atoms with Crippen molar-refractivity contribution in [3.63, 3.8) is 0 Å². The molecular formula is C24H20ClFN2O7. The second-order valence-corrected chi connectivity index (χ2v) is 8.07. The Kier molecular flexibility index (Phi) is 7.13. The zero-order chi connectivity index (χ0) is 25.0. The lowest BCUT2D eigenvalue weighted by atomic mass is 9.98. The fraction of sp³-hybridized carbons (Fsp3) is 0.250. The zero-order valence-electron chi connectivity index (χ0n) is 18.1. The van der Waals surface area contributed by atoms with Crippen molar-refractivity contribution in [3.05, 3.63) is 105 Å². The topological polar surface area (TPSA) is 117 Å². The molecule has 35 heavy (non-hydrogen) atoms. The first-order valence-corrected chi connectivity index (χ1v) is 11.1. The highest BCUT2D eigenvalue weighted by molar-refractivity contribution is 6.18. The first-order chi connectivity index (χ1) is 16.8. The minimum absolute atomic E-state index is 0.147. The van der Waals surface area contributed by atoms with E-state index < -0.39 is 59.8 Å². The Morgan fingerprint density at radius 2 is 1.60 bits per heavy atom. The molecule has 2 heterocycles. The number of alkyl halides is 2. The van der Waals surface area contributed by atoms with Gasteiger partial charge in [0.15, 0.2) is 24.1 Å². The molecule has 1 aliphatic heterocycles. The van der Waals surface area contributed by atoms with Crippen molar-refractivity contribution in [2.75, 3.05) is 12.5 Å². The van der Waals surface area contributed by atoms with Crippen LogP contribution in [-0.4, -0.2) is 51.9 Å². The van der Waals surface area contributed by atoms with E-state index in [1.165, 1.54) is 24.3 Å². The number of hydrogen-bond acceptors (Lipinski definition) is 7. The summed E-state index contributed by atoms with van der Waals surface area (Å²) < 4.78 is 33.2. The summed E-state index contributed by atoms with van der Waals surface area (Å²) in [6, 6.07) is 16.9. The molecule has 0 radical (unpaired) electrons. The van der Waals surface area contributed by atoms with Gasteiger partial charge in [-0.25, -0.2) is 18.8 Å². The molecule has 1 aromatic heterocycles. The number of aromatic amines is 1. The Hall–Kier alpha value is -3.76. The molecule has 2 aromatic carbocycles. The van der Waals surface area contributed by atoms with E-state index in [1.54, 1.807) is 36.4 Å².